The molecule has 2 rings (SSSR count). The van der Waals surface area contributed by atoms with Crippen molar-refractivity contribution in [3.05, 3.63) is 41.5 Å². The first-order chi connectivity index (χ1) is 11.6. The second-order valence-corrected chi connectivity index (χ2v) is 7.22. The van der Waals surface area contributed by atoms with Gasteiger partial charge in [0.05, 0.1) is 17.8 Å². The summed E-state index contributed by atoms with van der Waals surface area (Å²) in [6.07, 6.45) is 0. The lowest BCUT2D eigenvalue weighted by Crippen LogP contribution is -2.26. The van der Waals surface area contributed by atoms with Crippen LogP contribution in [0.25, 0.3) is 0 Å². The minimum Gasteiger partial charge on any atom is -0.492 e. The third-order valence-electron chi connectivity index (χ3n) is 3.69. The number of nitrogens with one attached hydrogen (secondary N) is 1. The van der Waals surface area contributed by atoms with Crippen molar-refractivity contribution in [2.24, 2.45) is 0 Å². The first-order valence-corrected chi connectivity index (χ1v) is 8.47. The van der Waals surface area contributed by atoms with Gasteiger partial charge in [-0.05, 0) is 51.8 Å². The van der Waals surface area contributed by atoms with Crippen LogP contribution < -0.4 is 10.1 Å². The van der Waals surface area contributed by atoms with Crippen LogP contribution in [0.15, 0.2) is 24.3 Å². The average molecular weight is 347 g/mol. The molecule has 1 aromatic heterocycles. The fourth-order valence-corrected chi connectivity index (χ4v) is 2.52. The first-order valence-electron chi connectivity index (χ1n) is 8.47. The van der Waals surface area contributed by atoms with Crippen LogP contribution in [0.4, 0.5) is 10.1 Å². The molecule has 0 radical (unpaired) electrons. The van der Waals surface area contributed by atoms with E-state index in [1.54, 1.807) is 13.0 Å². The van der Waals surface area contributed by atoms with Crippen molar-refractivity contribution >= 4 is 11.6 Å². The predicted octanol–water partition coefficient (Wildman–Crippen LogP) is 4.55. The number of nitrogens with zero attached hydrogens (tertiary/aromatic N) is 2. The smallest absolute Gasteiger partial charge is 0.276 e. The van der Waals surface area contributed by atoms with E-state index in [4.69, 9.17) is 4.74 Å². The minimum absolute atomic E-state index is 0.232. The summed E-state index contributed by atoms with van der Waals surface area (Å²) in [5.41, 5.74) is 1.50. The number of hydrogen-bond donors (Lipinski definition) is 1. The van der Waals surface area contributed by atoms with Gasteiger partial charge in [0.1, 0.15) is 11.6 Å². The molecule has 0 aliphatic carbocycles. The molecule has 0 aliphatic rings. The number of benzene rings is 1. The summed E-state index contributed by atoms with van der Waals surface area (Å²) in [5, 5.41) is 7.25. The highest BCUT2D eigenvalue weighted by Crippen LogP contribution is 2.27. The van der Waals surface area contributed by atoms with E-state index in [-0.39, 0.29) is 17.4 Å². The quantitative estimate of drug-likeness (QED) is 0.863. The second kappa shape index (κ2) is 7.25. The van der Waals surface area contributed by atoms with E-state index in [0.29, 0.717) is 23.7 Å². The van der Waals surface area contributed by atoms with Gasteiger partial charge in [-0.25, -0.2) is 4.39 Å². The molecule has 136 valence electrons. The van der Waals surface area contributed by atoms with E-state index in [1.807, 2.05) is 25.5 Å². The van der Waals surface area contributed by atoms with Crippen LogP contribution in [0.3, 0.4) is 0 Å². The molecule has 0 unspecified atom stereocenters. The molecule has 1 aromatic carbocycles. The van der Waals surface area contributed by atoms with Gasteiger partial charge in [0.15, 0.2) is 5.69 Å². The van der Waals surface area contributed by atoms with Gasteiger partial charge < -0.3 is 10.1 Å². The molecule has 0 saturated heterocycles. The van der Waals surface area contributed by atoms with Crippen molar-refractivity contribution in [3.8, 4) is 5.75 Å². The zero-order valence-electron chi connectivity index (χ0n) is 15.7. The summed E-state index contributed by atoms with van der Waals surface area (Å²) >= 11 is 0. The fraction of sp³-hybridized carbons (Fsp3) is 0.474. The lowest BCUT2D eigenvalue weighted by Gasteiger charge is -2.23. The molecule has 25 heavy (non-hydrogen) atoms. The average Bonchev–Trinajstić information content (AvgIpc) is 2.96. The third kappa shape index (κ3) is 4.38. The van der Waals surface area contributed by atoms with Crippen LogP contribution in [-0.2, 0) is 5.54 Å². The second-order valence-electron chi connectivity index (χ2n) is 7.22. The molecule has 0 aliphatic heterocycles. The van der Waals surface area contributed by atoms with Crippen molar-refractivity contribution < 1.29 is 13.9 Å². The van der Waals surface area contributed by atoms with E-state index in [2.05, 4.69) is 24.3 Å². The van der Waals surface area contributed by atoms with Crippen LogP contribution >= 0.6 is 0 Å². The molecule has 2 aromatic rings. The Morgan fingerprint density at radius 1 is 1.32 bits per heavy atom. The van der Waals surface area contributed by atoms with Crippen molar-refractivity contribution in [3.63, 3.8) is 0 Å². The predicted molar refractivity (Wildman–Crippen MR) is 96.8 cm³/mol. The molecular formula is C19H26FN3O2. The Balaban J connectivity index is 2.33. The van der Waals surface area contributed by atoms with Crippen LogP contribution in [0.1, 0.15) is 63.6 Å². The van der Waals surface area contributed by atoms with Gasteiger partial charge in [-0.3, -0.25) is 9.48 Å². The van der Waals surface area contributed by atoms with Crippen molar-refractivity contribution in [2.75, 3.05) is 11.9 Å². The maximum atomic E-state index is 13.4. The van der Waals surface area contributed by atoms with Crippen molar-refractivity contribution in [2.45, 2.75) is 53.0 Å². The van der Waals surface area contributed by atoms with Crippen LogP contribution in [0, 0.1) is 5.82 Å². The van der Waals surface area contributed by atoms with Gasteiger partial charge in [0, 0.05) is 11.8 Å². The lowest BCUT2D eigenvalue weighted by atomic mass is 10.1. The van der Waals surface area contributed by atoms with Gasteiger partial charge in [-0.15, -0.1) is 0 Å². The highest BCUT2D eigenvalue weighted by Gasteiger charge is 2.24. The Morgan fingerprint density at radius 2 is 2.00 bits per heavy atom. The highest BCUT2D eigenvalue weighted by molar-refractivity contribution is 6.03. The Kier molecular flexibility index (Phi) is 5.50. The molecule has 0 spiro atoms. The van der Waals surface area contributed by atoms with Gasteiger partial charge in [0.2, 0.25) is 0 Å². The van der Waals surface area contributed by atoms with Crippen LogP contribution in [0.5, 0.6) is 5.75 Å². The molecule has 1 amide bonds. The Hall–Kier alpha value is -2.37. The maximum Gasteiger partial charge on any atom is 0.276 e. The van der Waals surface area contributed by atoms with E-state index in [9.17, 15) is 9.18 Å². The number of carbonyl (C=O) groups excluding carboxylic acids is 1. The molecule has 6 heteroatoms. The van der Waals surface area contributed by atoms with E-state index >= 15 is 0 Å². The van der Waals surface area contributed by atoms with Crippen molar-refractivity contribution in [1.29, 1.82) is 0 Å². The molecule has 0 atom stereocenters. The molecule has 0 bridgehead atoms. The number of ether oxygens (including phenoxy) is 1. The normalized spacial score (nSPS) is 11.7. The summed E-state index contributed by atoms with van der Waals surface area (Å²) in [4.78, 5) is 12.6. The molecule has 1 heterocycles. The molecular weight excluding hydrogens is 321 g/mol. The number of anilines is 1. The fourth-order valence-electron chi connectivity index (χ4n) is 2.52. The van der Waals surface area contributed by atoms with Gasteiger partial charge in [0.25, 0.3) is 5.91 Å². The molecule has 1 N–H and O–H groups in total. The summed E-state index contributed by atoms with van der Waals surface area (Å²) in [5.74, 6) is -0.230. The largest absolute Gasteiger partial charge is 0.492 e. The van der Waals surface area contributed by atoms with Crippen molar-refractivity contribution in [1.82, 2.24) is 9.78 Å². The van der Waals surface area contributed by atoms with E-state index in [1.165, 1.54) is 18.2 Å². The molecule has 0 fully saturated rings. The summed E-state index contributed by atoms with van der Waals surface area (Å²) in [7, 11) is 0. The summed E-state index contributed by atoms with van der Waals surface area (Å²) < 4.78 is 20.7. The van der Waals surface area contributed by atoms with Gasteiger partial charge in [-0.2, -0.15) is 5.10 Å². The number of amides is 1. The van der Waals surface area contributed by atoms with E-state index < -0.39 is 5.82 Å². The Labute approximate surface area is 148 Å². The third-order valence-corrected chi connectivity index (χ3v) is 3.69. The number of carbonyl (C=O) groups is 1. The summed E-state index contributed by atoms with van der Waals surface area (Å²) in [6, 6.07) is 5.83. The Bertz CT molecular complexity index is 761. The molecule has 0 saturated carbocycles. The first kappa shape index (κ1) is 19.0. The lowest BCUT2D eigenvalue weighted by molar-refractivity contribution is 0.102. The maximum absolute atomic E-state index is 13.4. The van der Waals surface area contributed by atoms with Crippen LogP contribution in [-0.4, -0.2) is 22.3 Å². The zero-order valence-corrected chi connectivity index (χ0v) is 15.7. The van der Waals surface area contributed by atoms with Gasteiger partial charge in [-0.1, -0.05) is 13.8 Å². The number of aromatic nitrogens is 2. The standard InChI is InChI=1S/C19H26FN3O2/c1-7-25-17-10-13(20)8-9-14(17)21-18(24)15-11-16(12(2)3)23(22-15)19(4,5)6/h8-12H,7H2,1-6H3,(H,21,24). The number of halogens is 1. The van der Waals surface area contributed by atoms with Crippen LogP contribution in [0.2, 0.25) is 0 Å². The highest BCUT2D eigenvalue weighted by atomic mass is 19.1. The summed E-state index contributed by atoms with van der Waals surface area (Å²) in [6.45, 7) is 12.4. The number of rotatable bonds is 5. The SMILES string of the molecule is CCOc1cc(F)ccc1NC(=O)c1cc(C(C)C)n(C(C)(C)C)n1. The molecule has 5 nitrogen and oxygen atoms in total. The van der Waals surface area contributed by atoms with Gasteiger partial charge >= 0.3 is 0 Å². The zero-order chi connectivity index (χ0) is 18.8. The number of hydrogen-bond acceptors (Lipinski definition) is 3. The minimum atomic E-state index is -0.416. The monoisotopic (exact) mass is 347 g/mol. The topological polar surface area (TPSA) is 56.1 Å². The Morgan fingerprint density at radius 3 is 2.52 bits per heavy atom. The van der Waals surface area contributed by atoms with E-state index in [0.717, 1.165) is 5.69 Å².